The normalized spacial score (nSPS) is 28.8. The lowest BCUT2D eigenvalue weighted by molar-refractivity contribution is -0.146. The lowest BCUT2D eigenvalue weighted by Crippen LogP contribution is -2.45. The largest absolute Gasteiger partial charge is 0.481 e. The van der Waals surface area contributed by atoms with Gasteiger partial charge < -0.3 is 15.3 Å². The monoisotopic (exact) mass is 282 g/mol. The van der Waals surface area contributed by atoms with E-state index in [0.717, 1.165) is 12.8 Å². The smallest absolute Gasteiger partial charge is 0.317 e. The third kappa shape index (κ3) is 3.64. The Labute approximate surface area is 120 Å². The van der Waals surface area contributed by atoms with E-state index in [2.05, 4.69) is 5.32 Å². The van der Waals surface area contributed by atoms with Gasteiger partial charge >= 0.3 is 12.0 Å². The maximum absolute atomic E-state index is 12.2. The summed E-state index contributed by atoms with van der Waals surface area (Å²) >= 11 is 0. The van der Waals surface area contributed by atoms with Gasteiger partial charge in [-0.3, -0.25) is 4.79 Å². The number of carboxylic acids is 1. The van der Waals surface area contributed by atoms with Gasteiger partial charge in [-0.05, 0) is 26.2 Å². The molecule has 1 atom stereocenters. The van der Waals surface area contributed by atoms with Crippen LogP contribution in [0.1, 0.15) is 58.3 Å². The molecular formula is C15H26N2O3. The predicted molar refractivity (Wildman–Crippen MR) is 76.6 cm³/mol. The van der Waals surface area contributed by atoms with Crippen LogP contribution in [-0.4, -0.2) is 41.1 Å². The first-order valence-electron chi connectivity index (χ1n) is 7.80. The minimum atomic E-state index is -0.807. The maximum atomic E-state index is 12.2. The summed E-state index contributed by atoms with van der Waals surface area (Å²) in [6, 6.07) is 0.181. The summed E-state index contributed by atoms with van der Waals surface area (Å²) in [6.07, 6.45) is 8.83. The van der Waals surface area contributed by atoms with Crippen LogP contribution < -0.4 is 5.32 Å². The van der Waals surface area contributed by atoms with Crippen LogP contribution in [-0.2, 0) is 4.79 Å². The zero-order chi connectivity index (χ0) is 14.6. The van der Waals surface area contributed by atoms with Gasteiger partial charge in [0.1, 0.15) is 0 Å². The number of rotatable bonds is 2. The van der Waals surface area contributed by atoms with Crippen LogP contribution in [0.15, 0.2) is 0 Å². The average molecular weight is 282 g/mol. The van der Waals surface area contributed by atoms with E-state index in [0.29, 0.717) is 19.5 Å². The van der Waals surface area contributed by atoms with Gasteiger partial charge in [-0.25, -0.2) is 4.79 Å². The molecule has 0 spiro atoms. The van der Waals surface area contributed by atoms with Crippen molar-refractivity contribution in [1.29, 1.82) is 0 Å². The molecule has 2 N–H and O–H groups in total. The van der Waals surface area contributed by atoms with Gasteiger partial charge in [0, 0.05) is 19.1 Å². The van der Waals surface area contributed by atoms with Gasteiger partial charge in [0.15, 0.2) is 0 Å². The van der Waals surface area contributed by atoms with Crippen molar-refractivity contribution in [3.8, 4) is 0 Å². The molecule has 0 aromatic heterocycles. The van der Waals surface area contributed by atoms with E-state index in [-0.39, 0.29) is 12.1 Å². The standard InChI is InChI=1S/C15H26N2O3/c1-15(13(18)19)9-10-17(11-15)14(20)16-12-7-5-3-2-4-6-8-12/h12H,2-11H2,1H3,(H,16,20)(H,18,19). The van der Waals surface area contributed by atoms with E-state index in [1.54, 1.807) is 11.8 Å². The number of hydrogen-bond donors (Lipinski definition) is 2. The number of likely N-dealkylation sites (tertiary alicyclic amines) is 1. The van der Waals surface area contributed by atoms with E-state index < -0.39 is 11.4 Å². The Morgan fingerprint density at radius 1 is 1.15 bits per heavy atom. The molecule has 2 amide bonds. The van der Waals surface area contributed by atoms with Gasteiger partial charge in [-0.2, -0.15) is 0 Å². The van der Waals surface area contributed by atoms with E-state index >= 15 is 0 Å². The molecule has 2 rings (SSSR count). The summed E-state index contributed by atoms with van der Waals surface area (Å²) in [5.41, 5.74) is -0.779. The van der Waals surface area contributed by atoms with Crippen LogP contribution in [0.25, 0.3) is 0 Å². The molecule has 2 fully saturated rings. The molecule has 2 aliphatic rings. The fraction of sp³-hybridized carbons (Fsp3) is 0.867. The highest BCUT2D eigenvalue weighted by Crippen LogP contribution is 2.30. The van der Waals surface area contributed by atoms with E-state index in [1.165, 1.54) is 32.1 Å². The highest BCUT2D eigenvalue weighted by Gasteiger charge is 2.42. The second-order valence-electron chi connectivity index (χ2n) is 6.53. The van der Waals surface area contributed by atoms with Crippen molar-refractivity contribution in [2.45, 2.75) is 64.3 Å². The van der Waals surface area contributed by atoms with E-state index in [4.69, 9.17) is 0 Å². The number of urea groups is 1. The van der Waals surface area contributed by atoms with Crippen LogP contribution >= 0.6 is 0 Å². The Kier molecular flexibility index (Phi) is 4.89. The molecule has 1 aliphatic heterocycles. The lowest BCUT2D eigenvalue weighted by Gasteiger charge is -2.25. The van der Waals surface area contributed by atoms with Crippen molar-refractivity contribution < 1.29 is 14.7 Å². The summed E-state index contributed by atoms with van der Waals surface area (Å²) in [4.78, 5) is 25.1. The second kappa shape index (κ2) is 6.46. The van der Waals surface area contributed by atoms with Crippen molar-refractivity contribution in [1.82, 2.24) is 10.2 Å². The van der Waals surface area contributed by atoms with E-state index in [1.807, 2.05) is 0 Å². The molecule has 1 heterocycles. The lowest BCUT2D eigenvalue weighted by atomic mass is 9.90. The fourth-order valence-corrected chi connectivity index (χ4v) is 3.18. The van der Waals surface area contributed by atoms with Crippen molar-refractivity contribution in [3.05, 3.63) is 0 Å². The highest BCUT2D eigenvalue weighted by atomic mass is 16.4. The number of aliphatic carboxylic acids is 1. The van der Waals surface area contributed by atoms with Gasteiger partial charge in [0.2, 0.25) is 0 Å². The zero-order valence-corrected chi connectivity index (χ0v) is 12.4. The average Bonchev–Trinajstić information content (AvgIpc) is 2.77. The Balaban J connectivity index is 1.84. The molecule has 0 bridgehead atoms. The molecule has 5 heteroatoms. The third-order valence-electron chi connectivity index (χ3n) is 4.71. The van der Waals surface area contributed by atoms with Crippen LogP contribution in [0.4, 0.5) is 4.79 Å². The molecule has 0 aromatic rings. The maximum Gasteiger partial charge on any atom is 0.317 e. The van der Waals surface area contributed by atoms with Crippen molar-refractivity contribution in [3.63, 3.8) is 0 Å². The SMILES string of the molecule is CC1(C(=O)O)CCN(C(=O)NC2CCCCCCC2)C1. The van der Waals surface area contributed by atoms with Crippen LogP contribution in [0.5, 0.6) is 0 Å². The first-order valence-corrected chi connectivity index (χ1v) is 7.80. The fourth-order valence-electron chi connectivity index (χ4n) is 3.18. The van der Waals surface area contributed by atoms with Crippen LogP contribution in [0, 0.1) is 5.41 Å². The first kappa shape index (κ1) is 15.1. The Morgan fingerprint density at radius 3 is 2.30 bits per heavy atom. The topological polar surface area (TPSA) is 69.6 Å². The number of carbonyl (C=O) groups excluding carboxylic acids is 1. The minimum Gasteiger partial charge on any atom is -0.481 e. The number of nitrogens with zero attached hydrogens (tertiary/aromatic N) is 1. The number of nitrogens with one attached hydrogen (secondary N) is 1. The number of amides is 2. The van der Waals surface area contributed by atoms with Crippen molar-refractivity contribution in [2.75, 3.05) is 13.1 Å². The van der Waals surface area contributed by atoms with Gasteiger partial charge in [-0.15, -0.1) is 0 Å². The zero-order valence-electron chi connectivity index (χ0n) is 12.4. The Hall–Kier alpha value is -1.26. The van der Waals surface area contributed by atoms with Crippen LogP contribution in [0.2, 0.25) is 0 Å². The quantitative estimate of drug-likeness (QED) is 0.818. The number of hydrogen-bond acceptors (Lipinski definition) is 2. The van der Waals surface area contributed by atoms with E-state index in [9.17, 15) is 14.7 Å². The number of carbonyl (C=O) groups is 2. The van der Waals surface area contributed by atoms with Gasteiger partial charge in [0.05, 0.1) is 5.41 Å². The van der Waals surface area contributed by atoms with Gasteiger partial charge in [0.25, 0.3) is 0 Å². The predicted octanol–water partition coefficient (Wildman–Crippen LogP) is 2.61. The summed E-state index contributed by atoms with van der Waals surface area (Å²) in [5.74, 6) is -0.807. The van der Waals surface area contributed by atoms with Crippen LogP contribution in [0.3, 0.4) is 0 Å². The molecule has 1 aliphatic carbocycles. The van der Waals surface area contributed by atoms with Crippen molar-refractivity contribution in [2.24, 2.45) is 5.41 Å². The molecular weight excluding hydrogens is 256 g/mol. The second-order valence-corrected chi connectivity index (χ2v) is 6.53. The summed E-state index contributed by atoms with van der Waals surface area (Å²) < 4.78 is 0. The first-order chi connectivity index (χ1) is 9.51. The molecule has 0 aromatic carbocycles. The molecule has 1 unspecified atom stereocenters. The summed E-state index contributed by atoms with van der Waals surface area (Å²) in [6.45, 7) is 2.58. The summed E-state index contributed by atoms with van der Waals surface area (Å²) in [7, 11) is 0. The highest BCUT2D eigenvalue weighted by molar-refractivity contribution is 5.79. The van der Waals surface area contributed by atoms with Crippen molar-refractivity contribution >= 4 is 12.0 Å². The molecule has 1 saturated heterocycles. The minimum absolute atomic E-state index is 0.0828. The number of carboxylic acid groups (broad SMARTS) is 1. The summed E-state index contributed by atoms with van der Waals surface area (Å²) in [5, 5.41) is 12.3. The van der Waals surface area contributed by atoms with Gasteiger partial charge in [-0.1, -0.05) is 32.1 Å². The molecule has 114 valence electrons. The third-order valence-corrected chi connectivity index (χ3v) is 4.71. The molecule has 1 saturated carbocycles. The molecule has 20 heavy (non-hydrogen) atoms. The Morgan fingerprint density at radius 2 is 1.75 bits per heavy atom. The Bertz CT molecular complexity index is 364. The molecule has 0 radical (unpaired) electrons. The molecule has 5 nitrogen and oxygen atoms in total.